The van der Waals surface area contributed by atoms with Gasteiger partial charge in [-0.1, -0.05) is 20.8 Å². The van der Waals surface area contributed by atoms with Crippen LogP contribution in [-0.2, 0) is 6.54 Å². The molecule has 0 N–H and O–H groups in total. The molecule has 0 aliphatic carbocycles. The molecule has 1 aromatic rings. The maximum absolute atomic E-state index is 12.3. The third kappa shape index (κ3) is 3.45. The Morgan fingerprint density at radius 3 is 2.22 bits per heavy atom. The highest BCUT2D eigenvalue weighted by molar-refractivity contribution is 5.84. The summed E-state index contributed by atoms with van der Waals surface area (Å²) in [6.45, 7) is 13.1. The molecule has 0 aliphatic heterocycles. The lowest BCUT2D eigenvalue weighted by Crippen LogP contribution is -2.38. The predicted octanol–water partition coefficient (Wildman–Crippen LogP) is 3.40. The third-order valence-electron chi connectivity index (χ3n) is 3.24. The van der Waals surface area contributed by atoms with Gasteiger partial charge in [0, 0.05) is 29.4 Å². The first-order valence-electron chi connectivity index (χ1n) is 6.46. The van der Waals surface area contributed by atoms with Crippen LogP contribution in [0, 0.1) is 5.41 Å². The van der Waals surface area contributed by atoms with Gasteiger partial charge in [-0.2, -0.15) is 0 Å². The molecule has 1 rings (SSSR count). The molecule has 102 valence electrons. The standard InChI is InChI=1S/C15H26N2O/c1-14(2,3)13(18)17-10-8-9-12(17)11-16(7)15(4,5)6/h8-10H,11H2,1-7H3. The summed E-state index contributed by atoms with van der Waals surface area (Å²) in [6.07, 6.45) is 1.86. The summed E-state index contributed by atoms with van der Waals surface area (Å²) < 4.78 is 1.78. The number of rotatable bonds is 2. The van der Waals surface area contributed by atoms with E-state index in [0.717, 1.165) is 12.2 Å². The van der Waals surface area contributed by atoms with Crippen LogP contribution in [0.3, 0.4) is 0 Å². The number of hydrogen-bond acceptors (Lipinski definition) is 2. The first-order chi connectivity index (χ1) is 8.03. The smallest absolute Gasteiger partial charge is 0.236 e. The average Bonchev–Trinajstić information content (AvgIpc) is 2.61. The minimum Gasteiger partial charge on any atom is -0.296 e. The highest BCUT2D eigenvalue weighted by Crippen LogP contribution is 2.20. The lowest BCUT2D eigenvalue weighted by atomic mass is 9.95. The van der Waals surface area contributed by atoms with Crippen molar-refractivity contribution in [3.05, 3.63) is 24.0 Å². The van der Waals surface area contributed by atoms with Crippen LogP contribution in [0.2, 0.25) is 0 Å². The molecule has 0 amide bonds. The molecule has 0 bridgehead atoms. The van der Waals surface area contributed by atoms with E-state index in [1.165, 1.54) is 0 Å². The van der Waals surface area contributed by atoms with Crippen molar-refractivity contribution >= 4 is 5.91 Å². The van der Waals surface area contributed by atoms with E-state index in [2.05, 4.69) is 32.7 Å². The zero-order valence-corrected chi connectivity index (χ0v) is 12.7. The zero-order valence-electron chi connectivity index (χ0n) is 12.7. The van der Waals surface area contributed by atoms with Crippen molar-refractivity contribution in [1.82, 2.24) is 9.47 Å². The van der Waals surface area contributed by atoms with E-state index in [-0.39, 0.29) is 16.9 Å². The quantitative estimate of drug-likeness (QED) is 0.803. The van der Waals surface area contributed by atoms with E-state index < -0.39 is 0 Å². The van der Waals surface area contributed by atoms with Gasteiger partial charge in [0.1, 0.15) is 0 Å². The molecule has 0 saturated heterocycles. The Kier molecular flexibility index (Phi) is 4.06. The van der Waals surface area contributed by atoms with Crippen molar-refractivity contribution in [3.8, 4) is 0 Å². The van der Waals surface area contributed by atoms with E-state index in [4.69, 9.17) is 0 Å². The van der Waals surface area contributed by atoms with E-state index in [1.54, 1.807) is 4.57 Å². The largest absolute Gasteiger partial charge is 0.296 e. The Morgan fingerprint density at radius 2 is 1.78 bits per heavy atom. The topological polar surface area (TPSA) is 25.2 Å². The molecule has 3 heteroatoms. The lowest BCUT2D eigenvalue weighted by Gasteiger charge is -2.32. The van der Waals surface area contributed by atoms with Gasteiger partial charge in [-0.05, 0) is 40.0 Å². The maximum Gasteiger partial charge on any atom is 0.236 e. The maximum atomic E-state index is 12.3. The molecule has 0 radical (unpaired) electrons. The monoisotopic (exact) mass is 250 g/mol. The fourth-order valence-electron chi connectivity index (χ4n) is 1.58. The van der Waals surface area contributed by atoms with Crippen LogP contribution >= 0.6 is 0 Å². The summed E-state index contributed by atoms with van der Waals surface area (Å²) in [5.74, 6) is 0.143. The van der Waals surface area contributed by atoms with Gasteiger partial charge in [0.2, 0.25) is 5.91 Å². The normalized spacial score (nSPS) is 13.1. The highest BCUT2D eigenvalue weighted by Gasteiger charge is 2.25. The lowest BCUT2D eigenvalue weighted by molar-refractivity contribution is 0.0755. The van der Waals surface area contributed by atoms with Crippen molar-refractivity contribution in [3.63, 3.8) is 0 Å². The molecule has 0 aliphatic rings. The Hall–Kier alpha value is -1.09. The minimum absolute atomic E-state index is 0.0971. The summed E-state index contributed by atoms with van der Waals surface area (Å²) in [5, 5.41) is 0. The first-order valence-corrected chi connectivity index (χ1v) is 6.46. The van der Waals surface area contributed by atoms with Crippen molar-refractivity contribution < 1.29 is 4.79 Å². The Bertz CT molecular complexity index is 418. The second kappa shape index (κ2) is 4.88. The molecule has 0 saturated carbocycles. The van der Waals surface area contributed by atoms with Gasteiger partial charge in [0.05, 0.1) is 0 Å². The summed E-state index contributed by atoms with van der Waals surface area (Å²) in [6, 6.07) is 3.96. The van der Waals surface area contributed by atoms with Gasteiger partial charge in [-0.3, -0.25) is 14.3 Å². The number of hydrogen-bond donors (Lipinski definition) is 0. The van der Waals surface area contributed by atoms with Gasteiger partial charge in [0.25, 0.3) is 0 Å². The molecule has 0 fully saturated rings. The predicted molar refractivity (Wildman–Crippen MR) is 75.7 cm³/mol. The molecule has 1 aromatic heterocycles. The third-order valence-corrected chi connectivity index (χ3v) is 3.24. The Balaban J connectivity index is 2.94. The summed E-state index contributed by atoms with van der Waals surface area (Å²) >= 11 is 0. The Labute approximate surface area is 111 Å². The molecule has 1 heterocycles. The van der Waals surface area contributed by atoms with E-state index >= 15 is 0 Å². The van der Waals surface area contributed by atoms with E-state index in [1.807, 2.05) is 39.1 Å². The second-order valence-corrected chi connectivity index (χ2v) is 6.95. The summed E-state index contributed by atoms with van der Waals surface area (Å²) in [4.78, 5) is 14.6. The van der Waals surface area contributed by atoms with Crippen molar-refractivity contribution in [2.24, 2.45) is 5.41 Å². The van der Waals surface area contributed by atoms with Crippen LogP contribution in [-0.4, -0.2) is 28.0 Å². The van der Waals surface area contributed by atoms with Gasteiger partial charge < -0.3 is 0 Å². The summed E-state index contributed by atoms with van der Waals surface area (Å²) in [7, 11) is 2.08. The average molecular weight is 250 g/mol. The van der Waals surface area contributed by atoms with Gasteiger partial charge in [-0.15, -0.1) is 0 Å². The van der Waals surface area contributed by atoms with Crippen molar-refractivity contribution in [2.75, 3.05) is 7.05 Å². The van der Waals surface area contributed by atoms with Crippen LogP contribution in [0.1, 0.15) is 52.0 Å². The minimum atomic E-state index is -0.353. The van der Waals surface area contributed by atoms with Crippen molar-refractivity contribution in [1.29, 1.82) is 0 Å². The van der Waals surface area contributed by atoms with Crippen LogP contribution in [0.15, 0.2) is 18.3 Å². The van der Waals surface area contributed by atoms with Crippen LogP contribution < -0.4 is 0 Å². The SMILES string of the molecule is CN(Cc1cccn1C(=O)C(C)(C)C)C(C)(C)C. The van der Waals surface area contributed by atoms with Crippen LogP contribution in [0.4, 0.5) is 0 Å². The van der Waals surface area contributed by atoms with E-state index in [0.29, 0.717) is 0 Å². The first kappa shape index (κ1) is 15.0. The molecule has 0 aromatic carbocycles. The molecule has 3 nitrogen and oxygen atoms in total. The molecular weight excluding hydrogens is 224 g/mol. The number of aromatic nitrogens is 1. The molecule has 0 spiro atoms. The zero-order chi connectivity index (χ0) is 14.1. The fourth-order valence-corrected chi connectivity index (χ4v) is 1.58. The molecular formula is C15H26N2O. The Morgan fingerprint density at radius 1 is 1.22 bits per heavy atom. The molecule has 0 atom stereocenters. The molecule has 18 heavy (non-hydrogen) atoms. The number of nitrogens with zero attached hydrogens (tertiary/aromatic N) is 2. The second-order valence-electron chi connectivity index (χ2n) is 6.95. The van der Waals surface area contributed by atoms with Crippen LogP contribution in [0.5, 0.6) is 0 Å². The number of carbonyl (C=O) groups excluding carboxylic acids is 1. The molecule has 0 unspecified atom stereocenters. The van der Waals surface area contributed by atoms with Gasteiger partial charge in [0.15, 0.2) is 0 Å². The van der Waals surface area contributed by atoms with Crippen LogP contribution in [0.25, 0.3) is 0 Å². The van der Waals surface area contributed by atoms with E-state index in [9.17, 15) is 4.79 Å². The summed E-state index contributed by atoms with van der Waals surface area (Å²) in [5.41, 5.74) is 0.792. The van der Waals surface area contributed by atoms with Gasteiger partial charge >= 0.3 is 0 Å². The van der Waals surface area contributed by atoms with Crippen molar-refractivity contribution in [2.45, 2.75) is 53.6 Å². The van der Waals surface area contributed by atoms with Gasteiger partial charge in [-0.25, -0.2) is 0 Å². The highest BCUT2D eigenvalue weighted by atomic mass is 16.2. The number of carbonyl (C=O) groups is 1. The fraction of sp³-hybridized carbons (Fsp3) is 0.667.